The second-order valence-corrected chi connectivity index (χ2v) is 9.31. The number of fused-ring (bicyclic) bond motifs is 1. The molecule has 3 heterocycles. The van der Waals surface area contributed by atoms with Gasteiger partial charge in [-0.25, -0.2) is 4.98 Å². The number of nitrogens with zero attached hydrogens (tertiary/aromatic N) is 4. The normalized spacial score (nSPS) is 16.3. The number of likely N-dealkylation sites (tertiary alicyclic amines) is 1. The van der Waals surface area contributed by atoms with E-state index in [1.54, 1.807) is 37.5 Å². The summed E-state index contributed by atoms with van der Waals surface area (Å²) in [5, 5.41) is 14.5. The Labute approximate surface area is 206 Å². The van der Waals surface area contributed by atoms with Crippen LogP contribution in [0.15, 0.2) is 59.5 Å². The van der Waals surface area contributed by atoms with Crippen molar-refractivity contribution in [2.75, 3.05) is 18.4 Å². The van der Waals surface area contributed by atoms with E-state index in [-0.39, 0.29) is 11.7 Å². The molecule has 174 valence electrons. The summed E-state index contributed by atoms with van der Waals surface area (Å²) in [5.41, 5.74) is 3.13. The molecule has 5 rings (SSSR count). The SMILES string of the molecule is Cn1c(=O)c(-c2c(Cl)cccc2Cl)cc2cnc(Nc3cccc(CN4CC[C@@H](O)C4)c3)nc21. The number of pyridine rings is 1. The van der Waals surface area contributed by atoms with Gasteiger partial charge in [0.1, 0.15) is 5.65 Å². The number of hydrogen-bond donors (Lipinski definition) is 2. The summed E-state index contributed by atoms with van der Waals surface area (Å²) in [5.74, 6) is 0.389. The number of anilines is 2. The van der Waals surface area contributed by atoms with Crippen LogP contribution < -0.4 is 10.9 Å². The molecule has 1 atom stereocenters. The number of aryl methyl sites for hydroxylation is 1. The maximum absolute atomic E-state index is 13.1. The fraction of sp³-hybridized carbons (Fsp3) is 0.240. The lowest BCUT2D eigenvalue weighted by atomic mass is 10.1. The van der Waals surface area contributed by atoms with Crippen LogP contribution >= 0.6 is 23.2 Å². The van der Waals surface area contributed by atoms with E-state index < -0.39 is 0 Å². The number of hydrogen-bond acceptors (Lipinski definition) is 6. The molecule has 0 spiro atoms. The first kappa shape index (κ1) is 22.8. The van der Waals surface area contributed by atoms with Crippen molar-refractivity contribution in [2.45, 2.75) is 19.1 Å². The average Bonchev–Trinajstić information content (AvgIpc) is 3.22. The fourth-order valence-corrected chi connectivity index (χ4v) is 4.93. The number of rotatable bonds is 5. The Bertz CT molecular complexity index is 1420. The van der Waals surface area contributed by atoms with Crippen LogP contribution in [0.2, 0.25) is 10.0 Å². The van der Waals surface area contributed by atoms with Crippen LogP contribution in [0.3, 0.4) is 0 Å². The molecule has 2 aromatic carbocycles. The number of benzene rings is 2. The number of aliphatic hydroxyl groups is 1. The van der Waals surface area contributed by atoms with Gasteiger partial charge in [0.15, 0.2) is 0 Å². The molecule has 0 saturated carbocycles. The second kappa shape index (κ2) is 9.35. The molecule has 4 aromatic rings. The van der Waals surface area contributed by atoms with Crippen LogP contribution in [0.1, 0.15) is 12.0 Å². The lowest BCUT2D eigenvalue weighted by molar-refractivity contribution is 0.175. The van der Waals surface area contributed by atoms with Crippen molar-refractivity contribution in [3.05, 3.63) is 80.7 Å². The molecule has 0 bridgehead atoms. The van der Waals surface area contributed by atoms with Crippen molar-refractivity contribution in [1.82, 2.24) is 19.4 Å². The highest BCUT2D eigenvalue weighted by Gasteiger charge is 2.20. The molecule has 1 saturated heterocycles. The summed E-state index contributed by atoms with van der Waals surface area (Å²) in [7, 11) is 1.67. The van der Waals surface area contributed by atoms with E-state index >= 15 is 0 Å². The van der Waals surface area contributed by atoms with Crippen molar-refractivity contribution in [3.8, 4) is 11.1 Å². The van der Waals surface area contributed by atoms with E-state index in [4.69, 9.17) is 23.2 Å². The van der Waals surface area contributed by atoms with Crippen molar-refractivity contribution in [3.63, 3.8) is 0 Å². The summed E-state index contributed by atoms with van der Waals surface area (Å²) in [4.78, 5) is 24.4. The molecule has 0 radical (unpaired) electrons. The molecule has 2 aromatic heterocycles. The summed E-state index contributed by atoms with van der Waals surface area (Å²) >= 11 is 12.7. The molecular formula is C25H23Cl2N5O2. The quantitative estimate of drug-likeness (QED) is 0.420. The average molecular weight is 496 g/mol. The van der Waals surface area contributed by atoms with Crippen LogP contribution in [0, 0.1) is 0 Å². The summed E-state index contributed by atoms with van der Waals surface area (Å²) in [6.45, 7) is 2.36. The first-order valence-corrected chi connectivity index (χ1v) is 11.7. The molecule has 7 nitrogen and oxygen atoms in total. The Kier molecular flexibility index (Phi) is 6.27. The van der Waals surface area contributed by atoms with Gasteiger partial charge in [-0.1, -0.05) is 41.4 Å². The van der Waals surface area contributed by atoms with Crippen molar-refractivity contribution < 1.29 is 5.11 Å². The number of halogens is 2. The Morgan fingerprint density at radius 3 is 2.65 bits per heavy atom. The summed E-state index contributed by atoms with van der Waals surface area (Å²) in [6.07, 6.45) is 2.24. The van der Waals surface area contributed by atoms with Crippen LogP contribution in [0.25, 0.3) is 22.2 Å². The Hall–Kier alpha value is -2.97. The standard InChI is InChI=1S/C25H23Cl2N5O2/c1-31-23-16(11-19(24(31)34)22-20(26)6-3-7-21(22)27)12-28-25(30-23)29-17-5-2-4-15(10-17)13-32-9-8-18(33)14-32/h2-7,10-12,18,33H,8-9,13-14H2,1H3,(H,28,29,30)/t18-/m1/s1. The van der Waals surface area contributed by atoms with Gasteiger partial charge in [-0.15, -0.1) is 0 Å². The van der Waals surface area contributed by atoms with Crippen molar-refractivity contribution in [1.29, 1.82) is 0 Å². The molecule has 9 heteroatoms. The summed E-state index contributed by atoms with van der Waals surface area (Å²) in [6, 6.07) is 14.9. The Balaban J connectivity index is 1.45. The first-order valence-electron chi connectivity index (χ1n) is 11.0. The molecule has 1 aliphatic heterocycles. The van der Waals surface area contributed by atoms with Crippen molar-refractivity contribution in [2.24, 2.45) is 7.05 Å². The second-order valence-electron chi connectivity index (χ2n) is 8.49. The predicted molar refractivity (Wildman–Crippen MR) is 136 cm³/mol. The van der Waals surface area contributed by atoms with Gasteiger partial charge in [-0.05, 0) is 42.3 Å². The van der Waals surface area contributed by atoms with E-state index in [2.05, 4.69) is 26.3 Å². The topological polar surface area (TPSA) is 83.3 Å². The third kappa shape index (κ3) is 4.52. The van der Waals surface area contributed by atoms with Gasteiger partial charge in [0.05, 0.1) is 21.7 Å². The summed E-state index contributed by atoms with van der Waals surface area (Å²) < 4.78 is 1.48. The minimum absolute atomic E-state index is 0.242. The minimum atomic E-state index is -0.248. The van der Waals surface area contributed by atoms with Crippen LogP contribution in [-0.4, -0.2) is 43.7 Å². The van der Waals surface area contributed by atoms with Crippen LogP contribution in [0.4, 0.5) is 11.6 Å². The lowest BCUT2D eigenvalue weighted by Gasteiger charge is -2.16. The monoisotopic (exact) mass is 495 g/mol. The molecule has 1 fully saturated rings. The zero-order valence-electron chi connectivity index (χ0n) is 18.5. The zero-order valence-corrected chi connectivity index (χ0v) is 20.0. The van der Waals surface area contributed by atoms with E-state index in [0.717, 1.165) is 30.8 Å². The predicted octanol–water partition coefficient (Wildman–Crippen LogP) is 4.61. The molecular weight excluding hydrogens is 473 g/mol. The third-order valence-electron chi connectivity index (χ3n) is 6.02. The first-order chi connectivity index (χ1) is 16.4. The van der Waals surface area contributed by atoms with E-state index in [1.165, 1.54) is 4.57 Å². The smallest absolute Gasteiger partial charge is 0.259 e. The Morgan fingerprint density at radius 2 is 1.91 bits per heavy atom. The molecule has 0 aliphatic carbocycles. The fourth-order valence-electron chi connectivity index (χ4n) is 4.33. The Morgan fingerprint density at radius 1 is 1.15 bits per heavy atom. The lowest BCUT2D eigenvalue weighted by Crippen LogP contribution is -2.21. The van der Waals surface area contributed by atoms with Crippen LogP contribution in [0.5, 0.6) is 0 Å². The van der Waals surface area contributed by atoms with Gasteiger partial charge in [-0.3, -0.25) is 14.3 Å². The van der Waals surface area contributed by atoms with Gasteiger partial charge < -0.3 is 10.4 Å². The maximum Gasteiger partial charge on any atom is 0.259 e. The molecule has 34 heavy (non-hydrogen) atoms. The van der Waals surface area contributed by atoms with Gasteiger partial charge >= 0.3 is 0 Å². The minimum Gasteiger partial charge on any atom is -0.392 e. The molecule has 0 unspecified atom stereocenters. The number of aliphatic hydroxyl groups excluding tert-OH is 1. The van der Waals surface area contributed by atoms with Gasteiger partial charge in [0, 0.05) is 49.5 Å². The number of aromatic nitrogens is 3. The highest BCUT2D eigenvalue weighted by Crippen LogP contribution is 2.33. The highest BCUT2D eigenvalue weighted by atomic mass is 35.5. The molecule has 0 amide bonds. The maximum atomic E-state index is 13.1. The third-order valence-corrected chi connectivity index (χ3v) is 6.65. The number of β-amino-alcohol motifs (C(OH)–C–C–N with tert-alkyl or cyclic N) is 1. The van der Waals surface area contributed by atoms with E-state index in [1.807, 2.05) is 18.2 Å². The van der Waals surface area contributed by atoms with E-state index in [0.29, 0.717) is 44.7 Å². The van der Waals surface area contributed by atoms with Gasteiger partial charge in [0.25, 0.3) is 5.56 Å². The zero-order chi connectivity index (χ0) is 23.8. The molecule has 1 aliphatic rings. The van der Waals surface area contributed by atoms with Crippen molar-refractivity contribution >= 4 is 45.9 Å². The highest BCUT2D eigenvalue weighted by molar-refractivity contribution is 6.39. The van der Waals surface area contributed by atoms with E-state index in [9.17, 15) is 9.90 Å². The van der Waals surface area contributed by atoms with Crippen LogP contribution in [-0.2, 0) is 13.6 Å². The van der Waals surface area contributed by atoms with Gasteiger partial charge in [0.2, 0.25) is 5.95 Å². The molecule has 2 N–H and O–H groups in total. The number of nitrogens with one attached hydrogen (secondary N) is 1. The largest absolute Gasteiger partial charge is 0.392 e. The van der Waals surface area contributed by atoms with Gasteiger partial charge in [-0.2, -0.15) is 4.98 Å².